The number of nitrogens with one attached hydrogen (secondary N) is 3. The van der Waals surface area contributed by atoms with E-state index < -0.39 is 0 Å². The van der Waals surface area contributed by atoms with Gasteiger partial charge in [0.1, 0.15) is 0 Å². The standard InChI is InChI=1S/C36H32N4.C2H6/c1-37-31-17-9-15-27(19-31)29-21-35(28-16-10-18-32(20-28)38-2)40-36(22-29)30-23-33(25-11-5-3-6-12-25)39-34(24-30)26-13-7-4-8-14-26;1-2/h3-24,36-38,40H,1-2H3;1-2H3. The maximum absolute atomic E-state index is 5.09. The van der Waals surface area contributed by atoms with Gasteiger partial charge in [0, 0.05) is 42.3 Å². The summed E-state index contributed by atoms with van der Waals surface area (Å²) in [5, 5.41) is 10.4. The highest BCUT2D eigenvalue weighted by Gasteiger charge is 2.21. The minimum absolute atomic E-state index is 0.0561. The molecule has 6 rings (SSSR count). The Bertz CT molecular complexity index is 1630. The predicted octanol–water partition coefficient (Wildman–Crippen LogP) is 9.29. The van der Waals surface area contributed by atoms with Crippen LogP contribution in [0.4, 0.5) is 11.4 Å². The van der Waals surface area contributed by atoms with Gasteiger partial charge in [0.15, 0.2) is 0 Å². The molecule has 1 atom stereocenters. The van der Waals surface area contributed by atoms with Gasteiger partial charge in [0.2, 0.25) is 0 Å². The molecule has 0 saturated heterocycles. The molecule has 4 heteroatoms. The number of anilines is 2. The molecule has 5 aromatic rings. The van der Waals surface area contributed by atoms with Crippen LogP contribution < -0.4 is 16.0 Å². The molecule has 3 N–H and O–H groups in total. The van der Waals surface area contributed by atoms with E-state index in [2.05, 4.69) is 137 Å². The van der Waals surface area contributed by atoms with Crippen molar-refractivity contribution in [2.75, 3.05) is 24.7 Å². The molecule has 0 fully saturated rings. The van der Waals surface area contributed by atoms with Crippen molar-refractivity contribution in [3.8, 4) is 22.5 Å². The monoisotopic (exact) mass is 550 g/mol. The highest BCUT2D eigenvalue weighted by Crippen LogP contribution is 2.35. The highest BCUT2D eigenvalue weighted by molar-refractivity contribution is 5.87. The smallest absolute Gasteiger partial charge is 0.0713 e. The number of rotatable bonds is 7. The lowest BCUT2D eigenvalue weighted by molar-refractivity contribution is 0.766. The number of dihydropyridines is 1. The van der Waals surface area contributed by atoms with E-state index in [4.69, 9.17) is 4.98 Å². The number of hydrogen-bond donors (Lipinski definition) is 3. The van der Waals surface area contributed by atoms with Crippen molar-refractivity contribution in [1.29, 1.82) is 0 Å². The Morgan fingerprint density at radius 2 is 1.07 bits per heavy atom. The van der Waals surface area contributed by atoms with Crippen LogP contribution in [0.3, 0.4) is 0 Å². The zero-order valence-corrected chi connectivity index (χ0v) is 24.7. The van der Waals surface area contributed by atoms with Crippen LogP contribution in [0.1, 0.15) is 36.6 Å². The average Bonchev–Trinajstić information content (AvgIpc) is 3.09. The van der Waals surface area contributed by atoms with Crippen molar-refractivity contribution < 1.29 is 0 Å². The van der Waals surface area contributed by atoms with E-state index in [1.54, 1.807) is 0 Å². The number of nitrogens with zero attached hydrogens (tertiary/aromatic N) is 1. The van der Waals surface area contributed by atoms with Gasteiger partial charge in [0.25, 0.3) is 0 Å². The summed E-state index contributed by atoms with van der Waals surface area (Å²) in [5.74, 6) is 0. The van der Waals surface area contributed by atoms with Crippen LogP contribution in [-0.4, -0.2) is 19.1 Å². The van der Waals surface area contributed by atoms with Crippen LogP contribution >= 0.6 is 0 Å². The molecule has 1 aliphatic heterocycles. The van der Waals surface area contributed by atoms with Gasteiger partial charge in [-0.1, -0.05) is 98.8 Å². The number of aromatic nitrogens is 1. The first-order chi connectivity index (χ1) is 20.7. The molecule has 0 aliphatic carbocycles. The molecular weight excluding hydrogens is 512 g/mol. The summed E-state index contributed by atoms with van der Waals surface area (Å²) in [6.07, 6.45) is 4.57. The Labute approximate surface area is 249 Å². The summed E-state index contributed by atoms with van der Waals surface area (Å²) in [7, 11) is 3.91. The van der Waals surface area contributed by atoms with Crippen LogP contribution in [0, 0.1) is 0 Å². The SMILES string of the molecule is CC.CNc1cccc(C2=CC(c3cc(-c4ccccc4)nc(-c4ccccc4)c3)NC(c3cccc(NC)c3)=C2)c1. The number of hydrogen-bond acceptors (Lipinski definition) is 4. The first-order valence-corrected chi connectivity index (χ1v) is 14.6. The van der Waals surface area contributed by atoms with E-state index in [1.807, 2.05) is 40.1 Å². The van der Waals surface area contributed by atoms with Gasteiger partial charge in [0.05, 0.1) is 17.4 Å². The summed E-state index contributed by atoms with van der Waals surface area (Å²) < 4.78 is 0. The molecule has 210 valence electrons. The zero-order chi connectivity index (χ0) is 29.3. The molecule has 0 amide bonds. The fourth-order valence-electron chi connectivity index (χ4n) is 5.10. The van der Waals surface area contributed by atoms with E-state index >= 15 is 0 Å². The first kappa shape index (κ1) is 28.4. The third-order valence-electron chi connectivity index (χ3n) is 7.25. The molecule has 4 aromatic carbocycles. The molecular formula is C38H38N4. The first-order valence-electron chi connectivity index (χ1n) is 14.6. The fraction of sp³-hybridized carbons (Fsp3) is 0.132. The van der Waals surface area contributed by atoms with Crippen molar-refractivity contribution in [1.82, 2.24) is 10.3 Å². The second-order valence-corrected chi connectivity index (χ2v) is 9.87. The van der Waals surface area contributed by atoms with Crippen LogP contribution in [0.25, 0.3) is 33.8 Å². The van der Waals surface area contributed by atoms with Gasteiger partial charge < -0.3 is 16.0 Å². The van der Waals surface area contributed by atoms with Gasteiger partial charge in [-0.15, -0.1) is 0 Å². The van der Waals surface area contributed by atoms with Crippen molar-refractivity contribution in [2.24, 2.45) is 0 Å². The zero-order valence-electron chi connectivity index (χ0n) is 24.7. The lowest BCUT2D eigenvalue weighted by Crippen LogP contribution is -2.22. The Morgan fingerprint density at radius 1 is 0.571 bits per heavy atom. The Morgan fingerprint density at radius 3 is 1.62 bits per heavy atom. The molecule has 0 spiro atoms. The second kappa shape index (κ2) is 13.5. The summed E-state index contributed by atoms with van der Waals surface area (Å²) in [6.45, 7) is 4.00. The van der Waals surface area contributed by atoms with E-state index in [1.165, 1.54) is 11.1 Å². The van der Waals surface area contributed by atoms with Crippen molar-refractivity contribution in [3.05, 3.63) is 150 Å². The molecule has 1 unspecified atom stereocenters. The van der Waals surface area contributed by atoms with Gasteiger partial charge in [-0.05, 0) is 70.8 Å². The van der Waals surface area contributed by atoms with Gasteiger partial charge >= 0.3 is 0 Å². The Kier molecular flexibility index (Phi) is 9.15. The lowest BCUT2D eigenvalue weighted by Gasteiger charge is -2.27. The summed E-state index contributed by atoms with van der Waals surface area (Å²) in [5.41, 5.74) is 12.0. The molecule has 0 radical (unpaired) electrons. The van der Waals surface area contributed by atoms with Crippen LogP contribution in [-0.2, 0) is 0 Å². The highest BCUT2D eigenvalue weighted by atomic mass is 14.9. The van der Waals surface area contributed by atoms with Gasteiger partial charge in [-0.2, -0.15) is 0 Å². The fourth-order valence-corrected chi connectivity index (χ4v) is 5.10. The molecule has 42 heavy (non-hydrogen) atoms. The molecule has 2 heterocycles. The van der Waals surface area contributed by atoms with Gasteiger partial charge in [-0.3, -0.25) is 0 Å². The number of pyridine rings is 1. The minimum Gasteiger partial charge on any atom is -0.388 e. The molecule has 1 aromatic heterocycles. The molecule has 0 bridgehead atoms. The van der Waals surface area contributed by atoms with Crippen molar-refractivity contribution in [3.63, 3.8) is 0 Å². The molecule has 4 nitrogen and oxygen atoms in total. The summed E-state index contributed by atoms with van der Waals surface area (Å²) in [4.78, 5) is 5.09. The maximum atomic E-state index is 5.09. The van der Waals surface area contributed by atoms with Gasteiger partial charge in [-0.25, -0.2) is 4.98 Å². The second-order valence-electron chi connectivity index (χ2n) is 9.87. The summed E-state index contributed by atoms with van der Waals surface area (Å²) in [6, 6.07) is 42.2. The third-order valence-corrected chi connectivity index (χ3v) is 7.25. The van der Waals surface area contributed by atoms with Crippen molar-refractivity contribution >= 4 is 22.6 Å². The van der Waals surface area contributed by atoms with Crippen molar-refractivity contribution in [2.45, 2.75) is 19.9 Å². The predicted molar refractivity (Wildman–Crippen MR) is 180 cm³/mol. The number of benzene rings is 4. The molecule has 1 aliphatic rings. The normalized spacial score (nSPS) is 14.0. The Balaban J connectivity index is 0.00000173. The largest absolute Gasteiger partial charge is 0.388 e. The van der Waals surface area contributed by atoms with E-state index in [0.29, 0.717) is 0 Å². The van der Waals surface area contributed by atoms with E-state index in [-0.39, 0.29) is 6.04 Å². The molecule has 0 saturated carbocycles. The number of allylic oxidation sites excluding steroid dienone is 2. The topological polar surface area (TPSA) is 49.0 Å². The summed E-state index contributed by atoms with van der Waals surface area (Å²) >= 11 is 0. The maximum Gasteiger partial charge on any atom is 0.0713 e. The van der Waals surface area contributed by atoms with E-state index in [0.717, 1.165) is 50.7 Å². The van der Waals surface area contributed by atoms with Crippen LogP contribution in [0.15, 0.2) is 133 Å². The average molecular weight is 551 g/mol. The lowest BCUT2D eigenvalue weighted by atomic mass is 9.92. The third kappa shape index (κ3) is 6.45. The quantitative estimate of drug-likeness (QED) is 0.189. The Hall–Kier alpha value is -5.09. The van der Waals surface area contributed by atoms with E-state index in [9.17, 15) is 0 Å². The van der Waals surface area contributed by atoms with Crippen LogP contribution in [0.2, 0.25) is 0 Å². The van der Waals surface area contributed by atoms with Crippen LogP contribution in [0.5, 0.6) is 0 Å². The minimum atomic E-state index is -0.0561.